The summed E-state index contributed by atoms with van der Waals surface area (Å²) in [6, 6.07) is 6.52. The highest BCUT2D eigenvalue weighted by atomic mass is 32.2. The number of aryl methyl sites for hydroxylation is 1. The average Bonchev–Trinajstić information content (AvgIpc) is 2.99. The first-order chi connectivity index (χ1) is 15.3. The number of aliphatic carboxylic acids is 1. The van der Waals surface area contributed by atoms with E-state index in [2.05, 4.69) is 5.32 Å². The Hall–Kier alpha value is -3.20. The second-order valence-electron chi connectivity index (χ2n) is 7.23. The maximum Gasteiger partial charge on any atom is 0.341 e. The number of rotatable bonds is 7. The molecule has 0 aromatic heterocycles. The monoisotopic (exact) mass is 459 g/mol. The number of amides is 1. The van der Waals surface area contributed by atoms with Crippen molar-refractivity contribution in [2.45, 2.75) is 30.7 Å². The largest absolute Gasteiger partial charge is 0.492 e. The van der Waals surface area contributed by atoms with Crippen LogP contribution in [0.2, 0.25) is 0 Å². The minimum atomic E-state index is -1.11. The van der Waals surface area contributed by atoms with Crippen molar-refractivity contribution in [1.29, 1.82) is 0 Å². The minimum absolute atomic E-state index is 0.134. The molecule has 2 aromatic rings. The molecule has 170 valence electrons. The lowest BCUT2D eigenvalue weighted by Crippen LogP contribution is -2.26. The zero-order valence-corrected chi connectivity index (χ0v) is 19.1. The molecule has 32 heavy (non-hydrogen) atoms. The molecule has 3 rings (SSSR count). The molecular weight excluding hydrogens is 434 g/mol. The number of thioether (sulfide) groups is 1. The molecule has 1 amide bonds. The van der Waals surface area contributed by atoms with Gasteiger partial charge in [0.25, 0.3) is 0 Å². The van der Waals surface area contributed by atoms with Gasteiger partial charge >= 0.3 is 5.97 Å². The van der Waals surface area contributed by atoms with E-state index in [1.54, 1.807) is 18.2 Å². The third kappa shape index (κ3) is 4.67. The van der Waals surface area contributed by atoms with Gasteiger partial charge in [0, 0.05) is 12.5 Å². The summed E-state index contributed by atoms with van der Waals surface area (Å²) in [4.78, 5) is 36.3. The number of carboxylic acid groups (broad SMARTS) is 1. The summed E-state index contributed by atoms with van der Waals surface area (Å²) >= 11 is 1.35. The van der Waals surface area contributed by atoms with E-state index >= 15 is 0 Å². The number of carbonyl (C=O) groups is 2. The van der Waals surface area contributed by atoms with Crippen LogP contribution in [0.15, 0.2) is 34.0 Å². The van der Waals surface area contributed by atoms with Crippen LogP contribution in [-0.2, 0) is 16.0 Å². The minimum Gasteiger partial charge on any atom is -0.492 e. The van der Waals surface area contributed by atoms with Crippen LogP contribution in [0.4, 0.5) is 0 Å². The highest BCUT2D eigenvalue weighted by Crippen LogP contribution is 2.50. The first kappa shape index (κ1) is 23.5. The normalized spacial score (nSPS) is 14.4. The molecular formula is C23H25NO7S. The van der Waals surface area contributed by atoms with Crippen LogP contribution in [0.5, 0.6) is 17.2 Å². The van der Waals surface area contributed by atoms with Gasteiger partial charge in [0.2, 0.25) is 11.7 Å². The number of carboxylic acids is 1. The van der Waals surface area contributed by atoms with E-state index in [9.17, 15) is 14.4 Å². The van der Waals surface area contributed by atoms with Crippen LogP contribution in [-0.4, -0.2) is 44.1 Å². The van der Waals surface area contributed by atoms with Crippen LogP contribution in [0.25, 0.3) is 11.1 Å². The summed E-state index contributed by atoms with van der Waals surface area (Å²) in [6.45, 7) is 0.905. The SMILES string of the molecule is COc1c(OCC(=O)O)cc2c(c1OC)-c1ccc(SC)c(=O)cc1[C@@H](NC(C)=O)CC2. The molecule has 0 bridgehead atoms. The van der Waals surface area contributed by atoms with Gasteiger partial charge in [-0.25, -0.2) is 4.79 Å². The zero-order valence-electron chi connectivity index (χ0n) is 18.3. The number of hydrogen-bond donors (Lipinski definition) is 2. The van der Waals surface area contributed by atoms with Crippen molar-refractivity contribution < 1.29 is 28.9 Å². The summed E-state index contributed by atoms with van der Waals surface area (Å²) in [5.41, 5.74) is 2.83. The Morgan fingerprint density at radius 1 is 1.19 bits per heavy atom. The highest BCUT2D eigenvalue weighted by Gasteiger charge is 2.29. The van der Waals surface area contributed by atoms with Crippen molar-refractivity contribution in [2.75, 3.05) is 27.1 Å². The first-order valence-corrected chi connectivity index (χ1v) is 11.1. The maximum atomic E-state index is 12.8. The van der Waals surface area contributed by atoms with Gasteiger partial charge in [0.1, 0.15) is 0 Å². The first-order valence-electron chi connectivity index (χ1n) is 9.92. The molecule has 0 aliphatic heterocycles. The van der Waals surface area contributed by atoms with E-state index in [1.165, 1.54) is 32.9 Å². The molecule has 0 saturated heterocycles. The standard InChI is InChI=1S/C23H25NO7S/c1-12(25)24-16-7-5-13-9-18(31-11-20(27)28)22(29-2)23(30-3)21(13)14-6-8-19(32-4)17(26)10-15(14)16/h6,8-10,16H,5,7,11H2,1-4H3,(H,24,25)(H,27,28)/t16-/m0/s1. The van der Waals surface area contributed by atoms with Crippen LogP contribution >= 0.6 is 11.8 Å². The second-order valence-corrected chi connectivity index (χ2v) is 8.08. The van der Waals surface area contributed by atoms with E-state index in [0.717, 1.165) is 16.7 Å². The number of nitrogens with one attached hydrogen (secondary N) is 1. The van der Waals surface area contributed by atoms with Crippen molar-refractivity contribution in [3.8, 4) is 28.4 Å². The third-order valence-electron chi connectivity index (χ3n) is 5.23. The van der Waals surface area contributed by atoms with Crippen LogP contribution in [0, 0.1) is 0 Å². The molecule has 2 aromatic carbocycles. The van der Waals surface area contributed by atoms with Gasteiger partial charge in [-0.3, -0.25) is 9.59 Å². The lowest BCUT2D eigenvalue weighted by atomic mass is 9.95. The second kappa shape index (κ2) is 9.95. The summed E-state index contributed by atoms with van der Waals surface area (Å²) in [7, 11) is 2.94. The summed E-state index contributed by atoms with van der Waals surface area (Å²) in [5, 5.41) is 12.0. The predicted molar refractivity (Wildman–Crippen MR) is 121 cm³/mol. The lowest BCUT2D eigenvalue weighted by Gasteiger charge is -2.20. The number of carbonyl (C=O) groups excluding carboxylic acids is 1. The fraction of sp³-hybridized carbons (Fsp3) is 0.348. The van der Waals surface area contributed by atoms with Crippen molar-refractivity contribution in [3.63, 3.8) is 0 Å². The van der Waals surface area contributed by atoms with Gasteiger partial charge in [-0.2, -0.15) is 0 Å². The highest BCUT2D eigenvalue weighted by molar-refractivity contribution is 7.98. The number of methoxy groups -OCH3 is 2. The van der Waals surface area contributed by atoms with E-state index < -0.39 is 12.6 Å². The Morgan fingerprint density at radius 3 is 2.50 bits per heavy atom. The maximum absolute atomic E-state index is 12.8. The van der Waals surface area contributed by atoms with Gasteiger partial charge in [0.15, 0.2) is 23.5 Å². The predicted octanol–water partition coefficient (Wildman–Crippen LogP) is 3.04. The molecule has 1 atom stereocenters. The van der Waals surface area contributed by atoms with Crippen molar-refractivity contribution in [2.24, 2.45) is 0 Å². The van der Waals surface area contributed by atoms with Crippen molar-refractivity contribution in [3.05, 3.63) is 45.6 Å². The molecule has 1 aliphatic carbocycles. The fourth-order valence-corrected chi connectivity index (χ4v) is 4.42. The molecule has 0 unspecified atom stereocenters. The number of hydrogen-bond acceptors (Lipinski definition) is 7. The van der Waals surface area contributed by atoms with E-state index in [0.29, 0.717) is 29.1 Å². The Balaban J connectivity index is 2.35. The summed E-state index contributed by atoms with van der Waals surface area (Å²) in [6.07, 6.45) is 2.90. The molecule has 1 aliphatic rings. The fourth-order valence-electron chi connectivity index (χ4n) is 3.96. The van der Waals surface area contributed by atoms with Crippen LogP contribution in [0.1, 0.15) is 30.5 Å². The smallest absolute Gasteiger partial charge is 0.341 e. The van der Waals surface area contributed by atoms with Crippen molar-refractivity contribution in [1.82, 2.24) is 5.32 Å². The summed E-state index contributed by atoms with van der Waals surface area (Å²) in [5.74, 6) is -0.433. The van der Waals surface area contributed by atoms with Crippen molar-refractivity contribution >= 4 is 23.6 Å². The van der Waals surface area contributed by atoms with Gasteiger partial charge in [-0.15, -0.1) is 11.8 Å². The Bertz CT molecular complexity index is 1120. The van der Waals surface area contributed by atoms with Crippen LogP contribution < -0.4 is 25.0 Å². The molecule has 2 N–H and O–H groups in total. The molecule has 0 heterocycles. The average molecular weight is 460 g/mol. The number of ether oxygens (including phenoxy) is 3. The van der Waals surface area contributed by atoms with E-state index in [-0.39, 0.29) is 28.9 Å². The van der Waals surface area contributed by atoms with Gasteiger partial charge in [-0.05, 0) is 54.0 Å². The summed E-state index contributed by atoms with van der Waals surface area (Å²) < 4.78 is 16.7. The van der Waals surface area contributed by atoms with E-state index in [1.807, 2.05) is 12.3 Å². The molecule has 0 radical (unpaired) electrons. The van der Waals surface area contributed by atoms with Gasteiger partial charge in [0.05, 0.1) is 25.2 Å². The Morgan fingerprint density at radius 2 is 1.91 bits per heavy atom. The number of fused-ring (bicyclic) bond motifs is 3. The lowest BCUT2D eigenvalue weighted by molar-refractivity contribution is -0.139. The molecule has 0 saturated carbocycles. The number of benzene rings is 1. The topological polar surface area (TPSA) is 111 Å². The van der Waals surface area contributed by atoms with Gasteiger partial charge < -0.3 is 24.6 Å². The Kier molecular flexibility index (Phi) is 7.29. The van der Waals surface area contributed by atoms with Crippen LogP contribution in [0.3, 0.4) is 0 Å². The third-order valence-corrected chi connectivity index (χ3v) is 6.01. The molecule has 9 heteroatoms. The Labute approximate surface area is 189 Å². The van der Waals surface area contributed by atoms with Gasteiger partial charge in [-0.1, -0.05) is 6.07 Å². The molecule has 0 fully saturated rings. The zero-order chi connectivity index (χ0) is 23.4. The molecule has 0 spiro atoms. The quantitative estimate of drug-likeness (QED) is 0.608. The van der Waals surface area contributed by atoms with E-state index in [4.69, 9.17) is 19.3 Å². The molecule has 8 nitrogen and oxygen atoms in total.